The molecule has 3 rings (SSSR count). The van der Waals surface area contributed by atoms with Gasteiger partial charge in [0.1, 0.15) is 0 Å². The quantitative estimate of drug-likeness (QED) is 0.592. The predicted molar refractivity (Wildman–Crippen MR) is 121 cm³/mol. The minimum Gasteiger partial charge on any atom is -0.304 e. The maximum absolute atomic E-state index is 6.22. The Bertz CT molecular complexity index is 611. The standard InChI is InChI=1S/C24H38ClN3/c1-4-6-16-28(15-5-2)24(21-7-9-22(25)10-8-21)13-11-23(12-14-24)27-19-17-26(3)18-20-27/h4,6-10,23H,5,11-20H2,1-3H3. The lowest BCUT2D eigenvalue weighted by atomic mass is 9.73. The van der Waals surface area contributed by atoms with Gasteiger partial charge >= 0.3 is 0 Å². The van der Waals surface area contributed by atoms with Crippen LogP contribution in [0.2, 0.25) is 5.02 Å². The van der Waals surface area contributed by atoms with E-state index in [0.29, 0.717) is 0 Å². The van der Waals surface area contributed by atoms with Crippen LogP contribution >= 0.6 is 11.6 Å². The number of hydrogen-bond acceptors (Lipinski definition) is 3. The molecule has 1 aliphatic heterocycles. The van der Waals surface area contributed by atoms with Gasteiger partial charge in [-0.3, -0.25) is 9.80 Å². The molecule has 0 radical (unpaired) electrons. The third kappa shape index (κ3) is 4.99. The Kier molecular flexibility index (Phi) is 7.99. The molecule has 0 unspecified atom stereocenters. The summed E-state index contributed by atoms with van der Waals surface area (Å²) < 4.78 is 0. The molecule has 1 aliphatic carbocycles. The highest BCUT2D eigenvalue weighted by molar-refractivity contribution is 6.30. The third-order valence-corrected chi connectivity index (χ3v) is 7.13. The van der Waals surface area contributed by atoms with Crippen LogP contribution in [0.5, 0.6) is 0 Å². The second kappa shape index (κ2) is 10.2. The molecule has 0 atom stereocenters. The smallest absolute Gasteiger partial charge is 0.0465 e. The number of likely N-dealkylation sites (N-methyl/N-ethyl adjacent to an activating group) is 1. The number of halogens is 1. The fourth-order valence-electron chi connectivity index (χ4n) is 5.16. The zero-order valence-corrected chi connectivity index (χ0v) is 18.8. The fraction of sp³-hybridized carbons (Fsp3) is 0.667. The molecule has 28 heavy (non-hydrogen) atoms. The van der Waals surface area contributed by atoms with Crippen LogP contribution < -0.4 is 0 Å². The zero-order chi connectivity index (χ0) is 20.0. The largest absolute Gasteiger partial charge is 0.304 e. The first-order valence-corrected chi connectivity index (χ1v) is 11.5. The Hall–Kier alpha value is -0.870. The Labute approximate surface area is 177 Å². The van der Waals surface area contributed by atoms with Crippen molar-refractivity contribution in [2.24, 2.45) is 0 Å². The first kappa shape index (κ1) is 21.8. The highest BCUT2D eigenvalue weighted by Gasteiger charge is 2.42. The van der Waals surface area contributed by atoms with Crippen molar-refractivity contribution in [3.05, 3.63) is 47.0 Å². The maximum Gasteiger partial charge on any atom is 0.0465 e. The van der Waals surface area contributed by atoms with Crippen LogP contribution in [0.4, 0.5) is 0 Å². The lowest BCUT2D eigenvalue weighted by molar-refractivity contribution is 0.0122. The van der Waals surface area contributed by atoms with E-state index in [2.05, 4.69) is 72.0 Å². The van der Waals surface area contributed by atoms with Gasteiger partial charge < -0.3 is 4.90 Å². The molecule has 0 N–H and O–H groups in total. The number of nitrogens with zero attached hydrogens (tertiary/aromatic N) is 3. The molecule has 1 saturated heterocycles. The van der Waals surface area contributed by atoms with Crippen molar-refractivity contribution in [1.82, 2.24) is 14.7 Å². The molecule has 1 saturated carbocycles. The average molecular weight is 404 g/mol. The minimum atomic E-state index is 0.142. The number of hydrogen-bond donors (Lipinski definition) is 0. The molecule has 0 bridgehead atoms. The van der Waals surface area contributed by atoms with E-state index in [1.165, 1.54) is 63.8 Å². The van der Waals surface area contributed by atoms with Gasteiger partial charge in [-0.15, -0.1) is 0 Å². The molecule has 0 spiro atoms. The summed E-state index contributed by atoms with van der Waals surface area (Å²) in [5.74, 6) is 0. The molecular weight excluding hydrogens is 366 g/mol. The summed E-state index contributed by atoms with van der Waals surface area (Å²) in [4.78, 5) is 7.94. The molecule has 1 aromatic rings. The van der Waals surface area contributed by atoms with Crippen LogP contribution in [-0.2, 0) is 5.54 Å². The van der Waals surface area contributed by atoms with Crippen molar-refractivity contribution in [2.45, 2.75) is 57.5 Å². The molecule has 1 heterocycles. The Morgan fingerprint density at radius 3 is 2.32 bits per heavy atom. The third-order valence-electron chi connectivity index (χ3n) is 6.88. The fourth-order valence-corrected chi connectivity index (χ4v) is 5.29. The molecule has 3 nitrogen and oxygen atoms in total. The number of benzene rings is 1. The highest BCUT2D eigenvalue weighted by atomic mass is 35.5. The number of rotatable bonds is 7. The lowest BCUT2D eigenvalue weighted by Gasteiger charge is -2.51. The summed E-state index contributed by atoms with van der Waals surface area (Å²) in [7, 11) is 2.24. The van der Waals surface area contributed by atoms with E-state index in [1.54, 1.807) is 0 Å². The Balaban J connectivity index is 1.80. The SMILES string of the molecule is CC=CCN(CCC)C1(c2ccc(Cl)cc2)CCC(N2CCN(C)CC2)CC1. The van der Waals surface area contributed by atoms with E-state index in [9.17, 15) is 0 Å². The second-order valence-corrected chi connectivity index (χ2v) is 9.06. The van der Waals surface area contributed by atoms with E-state index >= 15 is 0 Å². The topological polar surface area (TPSA) is 9.72 Å². The van der Waals surface area contributed by atoms with Crippen molar-refractivity contribution in [3.8, 4) is 0 Å². The van der Waals surface area contributed by atoms with Gasteiger partial charge in [-0.05, 0) is 70.3 Å². The maximum atomic E-state index is 6.22. The van der Waals surface area contributed by atoms with E-state index in [0.717, 1.165) is 24.2 Å². The van der Waals surface area contributed by atoms with Crippen LogP contribution in [-0.4, -0.2) is 67.1 Å². The van der Waals surface area contributed by atoms with Crippen LogP contribution in [0.3, 0.4) is 0 Å². The van der Waals surface area contributed by atoms with Crippen LogP contribution in [0.1, 0.15) is 51.5 Å². The highest BCUT2D eigenvalue weighted by Crippen LogP contribution is 2.44. The first-order valence-electron chi connectivity index (χ1n) is 11.1. The van der Waals surface area contributed by atoms with Crippen molar-refractivity contribution < 1.29 is 0 Å². The predicted octanol–water partition coefficient (Wildman–Crippen LogP) is 5.01. The van der Waals surface area contributed by atoms with Crippen LogP contribution in [0, 0.1) is 0 Å². The van der Waals surface area contributed by atoms with Gasteiger partial charge in [-0.1, -0.05) is 42.8 Å². The number of piperazine rings is 1. The van der Waals surface area contributed by atoms with Crippen LogP contribution in [0.25, 0.3) is 0 Å². The van der Waals surface area contributed by atoms with E-state index in [-0.39, 0.29) is 5.54 Å². The molecule has 0 amide bonds. The van der Waals surface area contributed by atoms with Crippen molar-refractivity contribution in [3.63, 3.8) is 0 Å². The molecular formula is C24H38ClN3. The summed E-state index contributed by atoms with van der Waals surface area (Å²) >= 11 is 6.22. The zero-order valence-electron chi connectivity index (χ0n) is 18.0. The van der Waals surface area contributed by atoms with Gasteiger partial charge in [0.2, 0.25) is 0 Å². The van der Waals surface area contributed by atoms with E-state index in [4.69, 9.17) is 11.6 Å². The van der Waals surface area contributed by atoms with Gasteiger partial charge in [0, 0.05) is 49.3 Å². The molecule has 1 aromatic carbocycles. The summed E-state index contributed by atoms with van der Waals surface area (Å²) in [5.41, 5.74) is 1.59. The van der Waals surface area contributed by atoms with Crippen molar-refractivity contribution >= 4 is 11.6 Å². The monoisotopic (exact) mass is 403 g/mol. The van der Waals surface area contributed by atoms with Gasteiger partial charge in [0.25, 0.3) is 0 Å². The molecule has 4 heteroatoms. The molecule has 156 valence electrons. The lowest BCUT2D eigenvalue weighted by Crippen LogP contribution is -2.54. The van der Waals surface area contributed by atoms with Crippen molar-refractivity contribution in [1.29, 1.82) is 0 Å². The summed E-state index contributed by atoms with van der Waals surface area (Å²) in [6.07, 6.45) is 10.8. The van der Waals surface area contributed by atoms with Gasteiger partial charge in [0.15, 0.2) is 0 Å². The molecule has 2 fully saturated rings. The Morgan fingerprint density at radius 1 is 1.11 bits per heavy atom. The summed E-state index contributed by atoms with van der Waals surface area (Å²) in [6.45, 7) is 11.5. The minimum absolute atomic E-state index is 0.142. The molecule has 0 aromatic heterocycles. The van der Waals surface area contributed by atoms with Gasteiger partial charge in [0.05, 0.1) is 0 Å². The number of allylic oxidation sites excluding steroid dienone is 1. The summed E-state index contributed by atoms with van der Waals surface area (Å²) in [6, 6.07) is 9.45. The summed E-state index contributed by atoms with van der Waals surface area (Å²) in [5, 5.41) is 0.834. The van der Waals surface area contributed by atoms with Crippen LogP contribution in [0.15, 0.2) is 36.4 Å². The Morgan fingerprint density at radius 2 is 1.75 bits per heavy atom. The van der Waals surface area contributed by atoms with E-state index < -0.39 is 0 Å². The van der Waals surface area contributed by atoms with Crippen molar-refractivity contribution in [2.75, 3.05) is 46.3 Å². The average Bonchev–Trinajstić information content (AvgIpc) is 2.72. The normalized spacial score (nSPS) is 27.7. The second-order valence-electron chi connectivity index (χ2n) is 8.62. The molecule has 2 aliphatic rings. The first-order chi connectivity index (χ1) is 13.6. The van der Waals surface area contributed by atoms with E-state index in [1.807, 2.05) is 0 Å². The van der Waals surface area contributed by atoms with Gasteiger partial charge in [-0.2, -0.15) is 0 Å². The van der Waals surface area contributed by atoms with Gasteiger partial charge in [-0.25, -0.2) is 0 Å².